The van der Waals surface area contributed by atoms with Gasteiger partial charge >= 0.3 is 5.97 Å². The first kappa shape index (κ1) is 11.1. The number of carboxylic acids is 1. The van der Waals surface area contributed by atoms with Gasteiger partial charge in [-0.15, -0.1) is 11.8 Å². The highest BCUT2D eigenvalue weighted by atomic mass is 32.2. The van der Waals surface area contributed by atoms with E-state index in [1.165, 1.54) is 0 Å². The van der Waals surface area contributed by atoms with Gasteiger partial charge in [-0.1, -0.05) is 25.5 Å². The molecule has 0 unspecified atom stereocenters. The van der Waals surface area contributed by atoms with Crippen LogP contribution in [0.5, 0.6) is 0 Å². The fourth-order valence-corrected chi connectivity index (χ4v) is 2.10. The fraction of sp³-hybridized carbons (Fsp3) is 0.364. The summed E-state index contributed by atoms with van der Waals surface area (Å²) in [5.74, 6) is -0.850. The number of aryl methyl sites for hydroxylation is 1. The minimum absolute atomic E-state index is 0.399. The average Bonchev–Trinajstić information content (AvgIpc) is 2.07. The van der Waals surface area contributed by atoms with E-state index in [1.807, 2.05) is 19.1 Å². The molecule has 1 rings (SSSR count). The van der Waals surface area contributed by atoms with E-state index < -0.39 is 5.97 Å². The van der Waals surface area contributed by atoms with Crippen LogP contribution >= 0.6 is 11.8 Å². The number of thioether (sulfide) groups is 1. The van der Waals surface area contributed by atoms with Gasteiger partial charge in [0.25, 0.3) is 0 Å². The smallest absolute Gasteiger partial charge is 0.336 e. The number of rotatable bonds is 3. The minimum atomic E-state index is -0.850. The molecule has 0 saturated heterocycles. The summed E-state index contributed by atoms with van der Waals surface area (Å²) < 4.78 is 0. The summed E-state index contributed by atoms with van der Waals surface area (Å²) in [4.78, 5) is 11.8. The Labute approximate surface area is 88.3 Å². The topological polar surface area (TPSA) is 37.3 Å². The van der Waals surface area contributed by atoms with Crippen LogP contribution in [-0.4, -0.2) is 16.3 Å². The predicted octanol–water partition coefficient (Wildman–Crippen LogP) is 3.19. The Bertz CT molecular complexity index is 345. The highest BCUT2D eigenvalue weighted by Gasteiger charge is 2.11. The van der Waals surface area contributed by atoms with Crippen molar-refractivity contribution in [2.45, 2.75) is 30.9 Å². The van der Waals surface area contributed by atoms with Gasteiger partial charge in [0.15, 0.2) is 0 Å². The van der Waals surface area contributed by atoms with Gasteiger partial charge in [0.1, 0.15) is 0 Å². The number of carbonyl (C=O) groups is 1. The molecule has 0 radical (unpaired) electrons. The lowest BCUT2D eigenvalue weighted by atomic mass is 10.1. The number of benzene rings is 1. The van der Waals surface area contributed by atoms with Gasteiger partial charge in [0.2, 0.25) is 0 Å². The van der Waals surface area contributed by atoms with Crippen LogP contribution in [0.15, 0.2) is 23.1 Å². The molecule has 2 nitrogen and oxygen atoms in total. The maximum Gasteiger partial charge on any atom is 0.336 e. The predicted molar refractivity (Wildman–Crippen MR) is 59.1 cm³/mol. The largest absolute Gasteiger partial charge is 0.478 e. The first-order chi connectivity index (χ1) is 6.50. The van der Waals surface area contributed by atoms with Crippen molar-refractivity contribution in [3.63, 3.8) is 0 Å². The summed E-state index contributed by atoms with van der Waals surface area (Å²) in [5.41, 5.74) is 1.39. The molecule has 76 valence electrons. The summed E-state index contributed by atoms with van der Waals surface area (Å²) in [6.07, 6.45) is 0. The summed E-state index contributed by atoms with van der Waals surface area (Å²) in [5, 5.41) is 9.39. The van der Waals surface area contributed by atoms with Crippen molar-refractivity contribution in [2.24, 2.45) is 0 Å². The van der Waals surface area contributed by atoms with Crippen LogP contribution in [-0.2, 0) is 0 Å². The average molecular weight is 210 g/mol. The Morgan fingerprint density at radius 3 is 2.57 bits per heavy atom. The number of carboxylic acid groups (broad SMARTS) is 1. The Morgan fingerprint density at radius 2 is 2.07 bits per heavy atom. The van der Waals surface area contributed by atoms with E-state index in [-0.39, 0.29) is 0 Å². The molecule has 0 spiro atoms. The zero-order valence-electron chi connectivity index (χ0n) is 8.57. The second-order valence-corrected chi connectivity index (χ2v) is 5.09. The van der Waals surface area contributed by atoms with Crippen molar-refractivity contribution in [1.29, 1.82) is 0 Å². The van der Waals surface area contributed by atoms with Crippen molar-refractivity contribution >= 4 is 17.7 Å². The molecule has 0 aromatic heterocycles. The highest BCUT2D eigenvalue weighted by molar-refractivity contribution is 8.00. The molecule has 0 fully saturated rings. The molecule has 1 aromatic carbocycles. The first-order valence-corrected chi connectivity index (χ1v) is 5.39. The Morgan fingerprint density at radius 1 is 1.43 bits per heavy atom. The monoisotopic (exact) mass is 210 g/mol. The van der Waals surface area contributed by atoms with Gasteiger partial charge in [0, 0.05) is 10.1 Å². The van der Waals surface area contributed by atoms with E-state index in [1.54, 1.807) is 17.8 Å². The van der Waals surface area contributed by atoms with E-state index in [2.05, 4.69) is 13.8 Å². The second-order valence-electron chi connectivity index (χ2n) is 3.47. The van der Waals surface area contributed by atoms with E-state index in [9.17, 15) is 4.79 Å². The summed E-state index contributed by atoms with van der Waals surface area (Å²) >= 11 is 1.58. The third-order valence-corrected chi connectivity index (χ3v) is 2.81. The van der Waals surface area contributed by atoms with Crippen LogP contribution in [0.25, 0.3) is 0 Å². The molecular formula is C11H14O2S. The molecule has 0 aliphatic carbocycles. The normalized spacial score (nSPS) is 10.6. The van der Waals surface area contributed by atoms with Gasteiger partial charge in [-0.05, 0) is 19.1 Å². The van der Waals surface area contributed by atoms with E-state index in [0.29, 0.717) is 10.8 Å². The van der Waals surface area contributed by atoms with Crippen LogP contribution in [0.1, 0.15) is 29.8 Å². The van der Waals surface area contributed by atoms with Crippen LogP contribution in [0.4, 0.5) is 0 Å². The lowest BCUT2D eigenvalue weighted by Crippen LogP contribution is -2.00. The second kappa shape index (κ2) is 4.51. The first-order valence-electron chi connectivity index (χ1n) is 4.51. The van der Waals surface area contributed by atoms with Crippen molar-refractivity contribution in [3.05, 3.63) is 29.3 Å². The fourth-order valence-electron chi connectivity index (χ4n) is 1.17. The zero-order chi connectivity index (χ0) is 10.7. The summed E-state index contributed by atoms with van der Waals surface area (Å²) in [7, 11) is 0. The van der Waals surface area contributed by atoms with Gasteiger partial charge < -0.3 is 5.11 Å². The molecule has 14 heavy (non-hydrogen) atoms. The Balaban J connectivity index is 3.08. The molecular weight excluding hydrogens is 196 g/mol. The van der Waals surface area contributed by atoms with Gasteiger partial charge in [-0.25, -0.2) is 4.79 Å². The van der Waals surface area contributed by atoms with Crippen molar-refractivity contribution in [3.8, 4) is 0 Å². The van der Waals surface area contributed by atoms with E-state index in [4.69, 9.17) is 5.11 Å². The quantitative estimate of drug-likeness (QED) is 0.778. The summed E-state index contributed by atoms with van der Waals surface area (Å²) in [6, 6.07) is 5.54. The zero-order valence-corrected chi connectivity index (χ0v) is 9.39. The van der Waals surface area contributed by atoms with Crippen LogP contribution in [0.2, 0.25) is 0 Å². The lowest BCUT2D eigenvalue weighted by molar-refractivity contribution is 0.0693. The Hall–Kier alpha value is -0.960. The van der Waals surface area contributed by atoms with Gasteiger partial charge in [-0.3, -0.25) is 0 Å². The SMILES string of the molecule is Cc1ccc(SC(C)C)c(C(=O)O)c1. The van der Waals surface area contributed by atoms with Crippen LogP contribution < -0.4 is 0 Å². The van der Waals surface area contributed by atoms with Crippen molar-refractivity contribution in [2.75, 3.05) is 0 Å². The molecule has 1 aromatic rings. The molecule has 0 amide bonds. The number of hydrogen-bond donors (Lipinski definition) is 1. The molecule has 0 aliphatic heterocycles. The van der Waals surface area contributed by atoms with E-state index in [0.717, 1.165) is 10.5 Å². The molecule has 0 aliphatic rings. The Kier molecular flexibility index (Phi) is 3.58. The van der Waals surface area contributed by atoms with Crippen molar-refractivity contribution < 1.29 is 9.90 Å². The molecule has 0 atom stereocenters. The molecule has 0 bridgehead atoms. The van der Waals surface area contributed by atoms with Crippen LogP contribution in [0.3, 0.4) is 0 Å². The number of aromatic carboxylic acids is 1. The van der Waals surface area contributed by atoms with Crippen LogP contribution in [0, 0.1) is 6.92 Å². The molecule has 3 heteroatoms. The third-order valence-electron chi connectivity index (χ3n) is 1.73. The molecule has 1 N–H and O–H groups in total. The maximum atomic E-state index is 10.9. The molecule has 0 saturated carbocycles. The van der Waals surface area contributed by atoms with Gasteiger partial charge in [0.05, 0.1) is 5.56 Å². The van der Waals surface area contributed by atoms with Crippen molar-refractivity contribution in [1.82, 2.24) is 0 Å². The highest BCUT2D eigenvalue weighted by Crippen LogP contribution is 2.27. The van der Waals surface area contributed by atoms with Gasteiger partial charge in [-0.2, -0.15) is 0 Å². The standard InChI is InChI=1S/C11H14O2S/c1-7(2)14-10-5-4-8(3)6-9(10)11(12)13/h4-7H,1-3H3,(H,12,13). The summed E-state index contributed by atoms with van der Waals surface area (Å²) in [6.45, 7) is 6.00. The molecule has 0 heterocycles. The lowest BCUT2D eigenvalue weighted by Gasteiger charge is -2.08. The third kappa shape index (κ3) is 2.77. The minimum Gasteiger partial charge on any atom is -0.478 e. The van der Waals surface area contributed by atoms with E-state index >= 15 is 0 Å². The number of hydrogen-bond acceptors (Lipinski definition) is 2. The maximum absolute atomic E-state index is 10.9.